The van der Waals surface area contributed by atoms with E-state index in [0.717, 1.165) is 5.56 Å². The van der Waals surface area contributed by atoms with Crippen molar-refractivity contribution < 1.29 is 17.7 Å². The predicted molar refractivity (Wildman–Crippen MR) is 119 cm³/mol. The fourth-order valence-corrected chi connectivity index (χ4v) is 4.72. The molecule has 0 fully saturated rings. The molecule has 0 aliphatic carbocycles. The summed E-state index contributed by atoms with van der Waals surface area (Å²) in [6.07, 6.45) is 0. The lowest BCUT2D eigenvalue weighted by Gasteiger charge is -2.28. The van der Waals surface area contributed by atoms with Gasteiger partial charge in [-0.25, -0.2) is 0 Å². The molecule has 0 saturated carbocycles. The van der Waals surface area contributed by atoms with E-state index in [0.29, 0.717) is 23.0 Å². The van der Waals surface area contributed by atoms with E-state index in [9.17, 15) is 0 Å². The first-order chi connectivity index (χ1) is 14.7. The average molecular weight is 415 g/mol. The van der Waals surface area contributed by atoms with Crippen LogP contribution in [0, 0.1) is 6.92 Å². The minimum absolute atomic E-state index is 0.600. The molecule has 0 amide bonds. The van der Waals surface area contributed by atoms with E-state index < -0.39 is 9.05 Å². The molecule has 4 aromatic rings. The fourth-order valence-electron chi connectivity index (χ4n) is 2.77. The standard InChI is InChI=1S/C25H22O4Si/c1-21-17-19-25(20-18-21)29-30(26-22-11-5-2-6-12-22,27-23-13-7-3-8-14-23)28-24-15-9-4-10-16-24/h2-20H,1H3. The summed E-state index contributed by atoms with van der Waals surface area (Å²) in [6.45, 7) is 2.02. The smallest absolute Gasteiger partial charge is 0.452 e. The van der Waals surface area contributed by atoms with E-state index in [4.69, 9.17) is 17.7 Å². The van der Waals surface area contributed by atoms with Crippen LogP contribution in [-0.4, -0.2) is 9.05 Å². The maximum absolute atomic E-state index is 6.34. The highest BCUT2D eigenvalue weighted by molar-refractivity contribution is 6.57. The Balaban J connectivity index is 1.75. The van der Waals surface area contributed by atoms with Gasteiger partial charge in [0.05, 0.1) is 0 Å². The molecule has 0 saturated heterocycles. The van der Waals surface area contributed by atoms with E-state index >= 15 is 0 Å². The van der Waals surface area contributed by atoms with Gasteiger partial charge in [-0.05, 0) is 55.5 Å². The van der Waals surface area contributed by atoms with Crippen LogP contribution < -0.4 is 17.7 Å². The van der Waals surface area contributed by atoms with E-state index in [1.54, 1.807) is 0 Å². The molecular formula is C25H22O4Si. The Hall–Kier alpha value is -3.70. The second-order valence-corrected chi connectivity index (χ2v) is 8.48. The van der Waals surface area contributed by atoms with Gasteiger partial charge in [0.1, 0.15) is 23.0 Å². The van der Waals surface area contributed by atoms with Gasteiger partial charge in [-0.3, -0.25) is 0 Å². The van der Waals surface area contributed by atoms with Crippen molar-refractivity contribution in [1.29, 1.82) is 0 Å². The van der Waals surface area contributed by atoms with Crippen LogP contribution in [0.5, 0.6) is 23.0 Å². The normalized spacial score (nSPS) is 10.8. The highest BCUT2D eigenvalue weighted by Gasteiger charge is 2.58. The monoisotopic (exact) mass is 414 g/mol. The lowest BCUT2D eigenvalue weighted by Crippen LogP contribution is -2.60. The molecule has 0 unspecified atom stereocenters. The van der Waals surface area contributed by atoms with Gasteiger partial charge < -0.3 is 17.7 Å². The largest absolute Gasteiger partial charge is 0.966 e. The summed E-state index contributed by atoms with van der Waals surface area (Å²) in [6, 6.07) is 36.0. The van der Waals surface area contributed by atoms with E-state index in [-0.39, 0.29) is 0 Å². The van der Waals surface area contributed by atoms with Crippen LogP contribution in [0.4, 0.5) is 0 Å². The highest BCUT2D eigenvalue weighted by Crippen LogP contribution is 2.27. The molecule has 0 bridgehead atoms. The number of para-hydroxylation sites is 3. The molecule has 0 aromatic heterocycles. The third kappa shape index (κ3) is 5.21. The fraction of sp³-hybridized carbons (Fsp3) is 0.0400. The predicted octanol–water partition coefficient (Wildman–Crippen LogP) is 6.05. The Bertz CT molecular complexity index is 937. The summed E-state index contributed by atoms with van der Waals surface area (Å²) in [5.41, 5.74) is 1.13. The van der Waals surface area contributed by atoms with Crippen LogP contribution in [0.15, 0.2) is 115 Å². The molecule has 0 atom stereocenters. The zero-order chi connectivity index (χ0) is 20.7. The number of hydrogen-bond donors (Lipinski definition) is 0. The first kappa shape index (κ1) is 19.6. The Morgan fingerprint density at radius 2 is 0.700 bits per heavy atom. The molecule has 0 N–H and O–H groups in total. The molecular weight excluding hydrogens is 392 g/mol. The number of aryl methyl sites for hydroxylation is 1. The first-order valence-electron chi connectivity index (χ1n) is 9.69. The number of rotatable bonds is 8. The Morgan fingerprint density at radius 1 is 0.400 bits per heavy atom. The lowest BCUT2D eigenvalue weighted by molar-refractivity contribution is 0.161. The highest BCUT2D eigenvalue weighted by atomic mass is 28.4. The zero-order valence-electron chi connectivity index (χ0n) is 16.6. The van der Waals surface area contributed by atoms with Crippen molar-refractivity contribution in [2.45, 2.75) is 6.92 Å². The molecule has 0 heterocycles. The summed E-state index contributed by atoms with van der Waals surface area (Å²) < 4.78 is 25.3. The zero-order valence-corrected chi connectivity index (χ0v) is 17.6. The quantitative estimate of drug-likeness (QED) is 0.329. The first-order valence-corrected chi connectivity index (χ1v) is 11.3. The van der Waals surface area contributed by atoms with Gasteiger partial charge in [-0.2, -0.15) is 0 Å². The summed E-state index contributed by atoms with van der Waals surface area (Å²) in [5, 5.41) is 0. The van der Waals surface area contributed by atoms with Crippen molar-refractivity contribution in [2.24, 2.45) is 0 Å². The van der Waals surface area contributed by atoms with Crippen LogP contribution in [0.1, 0.15) is 5.56 Å². The molecule has 5 heteroatoms. The molecule has 4 nitrogen and oxygen atoms in total. The lowest BCUT2D eigenvalue weighted by atomic mass is 10.2. The minimum Gasteiger partial charge on any atom is -0.452 e. The van der Waals surface area contributed by atoms with Crippen molar-refractivity contribution in [3.05, 3.63) is 121 Å². The van der Waals surface area contributed by atoms with Crippen molar-refractivity contribution in [3.63, 3.8) is 0 Å². The molecule has 4 aromatic carbocycles. The minimum atomic E-state index is -3.78. The topological polar surface area (TPSA) is 36.9 Å². The maximum atomic E-state index is 6.34. The SMILES string of the molecule is Cc1ccc(O[Si](Oc2ccccc2)(Oc2ccccc2)Oc2ccccc2)cc1. The van der Waals surface area contributed by atoms with Crippen molar-refractivity contribution >= 4 is 9.05 Å². The van der Waals surface area contributed by atoms with Gasteiger partial charge in [-0.1, -0.05) is 72.3 Å². The van der Waals surface area contributed by atoms with Crippen molar-refractivity contribution in [1.82, 2.24) is 0 Å². The van der Waals surface area contributed by atoms with Crippen molar-refractivity contribution in [2.75, 3.05) is 0 Å². The summed E-state index contributed by atoms with van der Waals surface area (Å²) >= 11 is 0. The maximum Gasteiger partial charge on any atom is 0.966 e. The molecule has 0 aliphatic heterocycles. The van der Waals surface area contributed by atoms with Crippen LogP contribution in [0.2, 0.25) is 0 Å². The Kier molecular flexibility index (Phi) is 6.01. The van der Waals surface area contributed by atoms with Crippen LogP contribution in [-0.2, 0) is 0 Å². The molecule has 4 rings (SSSR count). The molecule has 30 heavy (non-hydrogen) atoms. The molecule has 150 valence electrons. The molecule has 0 spiro atoms. The van der Waals surface area contributed by atoms with Gasteiger partial charge in [0, 0.05) is 0 Å². The van der Waals surface area contributed by atoms with E-state index in [1.165, 1.54) is 0 Å². The molecule has 0 aliphatic rings. The summed E-state index contributed by atoms with van der Waals surface area (Å²) in [5.74, 6) is 2.41. The number of benzene rings is 4. The van der Waals surface area contributed by atoms with Crippen LogP contribution >= 0.6 is 0 Å². The Labute approximate surface area is 177 Å². The Morgan fingerprint density at radius 3 is 1.03 bits per heavy atom. The second-order valence-electron chi connectivity index (χ2n) is 6.66. The third-order valence-electron chi connectivity index (χ3n) is 4.22. The summed E-state index contributed by atoms with van der Waals surface area (Å²) in [4.78, 5) is 0. The van der Waals surface area contributed by atoms with E-state index in [2.05, 4.69) is 0 Å². The number of hydrogen-bond acceptors (Lipinski definition) is 4. The van der Waals surface area contributed by atoms with Gasteiger partial charge in [0.25, 0.3) is 0 Å². The van der Waals surface area contributed by atoms with Crippen LogP contribution in [0.3, 0.4) is 0 Å². The third-order valence-corrected chi connectivity index (χ3v) is 6.16. The van der Waals surface area contributed by atoms with Gasteiger partial charge in [0.15, 0.2) is 0 Å². The summed E-state index contributed by atoms with van der Waals surface area (Å²) in [7, 11) is -3.78. The van der Waals surface area contributed by atoms with Gasteiger partial charge in [-0.15, -0.1) is 0 Å². The van der Waals surface area contributed by atoms with Gasteiger partial charge >= 0.3 is 9.05 Å². The van der Waals surface area contributed by atoms with Crippen LogP contribution in [0.25, 0.3) is 0 Å². The van der Waals surface area contributed by atoms with E-state index in [1.807, 2.05) is 122 Å². The van der Waals surface area contributed by atoms with Crippen molar-refractivity contribution in [3.8, 4) is 23.0 Å². The van der Waals surface area contributed by atoms with Gasteiger partial charge in [0.2, 0.25) is 0 Å². The second kappa shape index (κ2) is 9.20. The molecule has 0 radical (unpaired) electrons. The average Bonchev–Trinajstić information content (AvgIpc) is 2.77.